The van der Waals surface area contributed by atoms with E-state index in [0.29, 0.717) is 0 Å². The number of alkyl halides is 1. The zero-order valence-electron chi connectivity index (χ0n) is 5.10. The molecular weight excluding hydrogens is 111 g/mol. The quantitative estimate of drug-likeness (QED) is 0.563. The van der Waals surface area contributed by atoms with Gasteiger partial charge in [0.1, 0.15) is 0 Å². The van der Waals surface area contributed by atoms with Gasteiger partial charge in [-0.15, -0.1) is 0 Å². The molecule has 0 fully saturated rings. The Bertz CT molecular complexity index is 56.4. The number of hydrogen-bond acceptors (Lipinski definition) is 2. The van der Waals surface area contributed by atoms with Crippen LogP contribution in [0.3, 0.4) is 0 Å². The van der Waals surface area contributed by atoms with E-state index in [2.05, 4.69) is 4.74 Å². The Hall–Kier alpha value is -0.150. The molecule has 0 aliphatic heterocycles. The van der Waals surface area contributed by atoms with Crippen LogP contribution in [0, 0.1) is 5.92 Å². The van der Waals surface area contributed by atoms with Gasteiger partial charge in [-0.3, -0.25) is 0 Å². The highest BCUT2D eigenvalue weighted by Gasteiger charge is 2.07. The summed E-state index contributed by atoms with van der Waals surface area (Å²) in [7, 11) is 0. The van der Waals surface area contributed by atoms with Crippen LogP contribution in [-0.2, 0) is 4.74 Å². The maximum Gasteiger partial charge on any atom is 0.191 e. The minimum atomic E-state index is -0.958. The predicted molar refractivity (Wildman–Crippen MR) is 27.9 cm³/mol. The molecule has 0 heterocycles. The van der Waals surface area contributed by atoms with Crippen molar-refractivity contribution in [2.75, 3.05) is 6.86 Å². The highest BCUT2D eigenvalue weighted by atomic mass is 19.1. The van der Waals surface area contributed by atoms with Crippen molar-refractivity contribution >= 4 is 0 Å². The molecule has 0 bridgehead atoms. The van der Waals surface area contributed by atoms with Crippen LogP contribution in [0.15, 0.2) is 0 Å². The molecule has 0 aromatic heterocycles. The van der Waals surface area contributed by atoms with E-state index in [9.17, 15) is 4.39 Å². The van der Waals surface area contributed by atoms with Gasteiger partial charge in [-0.2, -0.15) is 0 Å². The molecule has 0 aliphatic carbocycles. The summed E-state index contributed by atoms with van der Waals surface area (Å²) in [5.41, 5.74) is 0. The highest BCUT2D eigenvalue weighted by Crippen LogP contribution is 2.01. The Morgan fingerprint density at radius 3 is 2.25 bits per heavy atom. The standard InChI is InChI=1S/C5H11FO2/c1-4(2)5(7)8-3-6/h4-5,7H,3H2,1-2H3. The first kappa shape index (κ1) is 7.85. The lowest BCUT2D eigenvalue weighted by molar-refractivity contribution is -0.150. The Labute approximate surface area is 48.3 Å². The van der Waals surface area contributed by atoms with Crippen molar-refractivity contribution in [3.05, 3.63) is 0 Å². The Balaban J connectivity index is 3.17. The van der Waals surface area contributed by atoms with Gasteiger partial charge in [0.05, 0.1) is 0 Å². The van der Waals surface area contributed by atoms with Crippen molar-refractivity contribution in [1.29, 1.82) is 0 Å². The van der Waals surface area contributed by atoms with Crippen molar-refractivity contribution in [2.45, 2.75) is 20.1 Å². The third-order valence-electron chi connectivity index (χ3n) is 0.804. The fourth-order valence-corrected chi connectivity index (χ4v) is 0.257. The first-order valence-corrected chi connectivity index (χ1v) is 2.54. The number of rotatable bonds is 3. The van der Waals surface area contributed by atoms with Gasteiger partial charge < -0.3 is 9.84 Å². The summed E-state index contributed by atoms with van der Waals surface area (Å²) < 4.78 is 15.4. The van der Waals surface area contributed by atoms with E-state index in [1.165, 1.54) is 0 Å². The largest absolute Gasteiger partial charge is 0.368 e. The summed E-state index contributed by atoms with van der Waals surface area (Å²) in [5, 5.41) is 8.66. The number of aliphatic hydroxyl groups is 1. The van der Waals surface area contributed by atoms with Crippen LogP contribution in [0.4, 0.5) is 4.39 Å². The number of hydrogen-bond donors (Lipinski definition) is 1. The molecule has 0 saturated carbocycles. The second kappa shape index (κ2) is 3.80. The Morgan fingerprint density at radius 2 is 2.12 bits per heavy atom. The zero-order valence-corrected chi connectivity index (χ0v) is 5.10. The molecular formula is C5H11FO2. The SMILES string of the molecule is CC(C)C(O)OCF. The maximum absolute atomic E-state index is 11.2. The monoisotopic (exact) mass is 122 g/mol. The first-order valence-electron chi connectivity index (χ1n) is 2.54. The van der Waals surface area contributed by atoms with Crippen LogP contribution in [0.2, 0.25) is 0 Å². The highest BCUT2D eigenvalue weighted by molar-refractivity contribution is 4.43. The van der Waals surface area contributed by atoms with Gasteiger partial charge in [0, 0.05) is 5.92 Å². The molecule has 0 aromatic rings. The number of halogens is 1. The smallest absolute Gasteiger partial charge is 0.191 e. The predicted octanol–water partition coefficient (Wildman–Crippen LogP) is 0.904. The molecule has 0 spiro atoms. The maximum atomic E-state index is 11.2. The van der Waals surface area contributed by atoms with E-state index in [-0.39, 0.29) is 5.92 Å². The molecule has 8 heavy (non-hydrogen) atoms. The van der Waals surface area contributed by atoms with Crippen LogP contribution < -0.4 is 0 Å². The second-order valence-electron chi connectivity index (χ2n) is 1.91. The second-order valence-corrected chi connectivity index (χ2v) is 1.91. The molecule has 0 aromatic carbocycles. The van der Waals surface area contributed by atoms with Gasteiger partial charge in [-0.05, 0) is 0 Å². The zero-order chi connectivity index (χ0) is 6.57. The fourth-order valence-electron chi connectivity index (χ4n) is 0.257. The minimum Gasteiger partial charge on any atom is -0.368 e. The lowest BCUT2D eigenvalue weighted by Gasteiger charge is -2.11. The Morgan fingerprint density at radius 1 is 1.62 bits per heavy atom. The van der Waals surface area contributed by atoms with Crippen molar-refractivity contribution < 1.29 is 14.2 Å². The number of aliphatic hydroxyl groups excluding tert-OH is 1. The van der Waals surface area contributed by atoms with Crippen molar-refractivity contribution in [3.8, 4) is 0 Å². The molecule has 2 nitrogen and oxygen atoms in total. The van der Waals surface area contributed by atoms with Crippen LogP contribution in [0.1, 0.15) is 13.8 Å². The molecule has 0 rings (SSSR count). The molecule has 0 radical (unpaired) electrons. The molecule has 0 amide bonds. The van der Waals surface area contributed by atoms with Crippen LogP contribution in [-0.4, -0.2) is 18.3 Å². The van der Waals surface area contributed by atoms with Gasteiger partial charge in [0.15, 0.2) is 13.2 Å². The lowest BCUT2D eigenvalue weighted by atomic mass is 10.2. The van der Waals surface area contributed by atoms with E-state index < -0.39 is 13.2 Å². The summed E-state index contributed by atoms with van der Waals surface area (Å²) in [4.78, 5) is 0. The molecule has 1 N–H and O–H groups in total. The molecule has 1 atom stereocenters. The molecule has 50 valence electrons. The summed E-state index contributed by atoms with van der Waals surface area (Å²) >= 11 is 0. The summed E-state index contributed by atoms with van der Waals surface area (Å²) in [6.45, 7) is 2.58. The normalized spacial score (nSPS) is 14.6. The fraction of sp³-hybridized carbons (Fsp3) is 1.00. The van der Waals surface area contributed by atoms with Gasteiger partial charge in [-0.1, -0.05) is 13.8 Å². The topological polar surface area (TPSA) is 29.5 Å². The lowest BCUT2D eigenvalue weighted by Crippen LogP contribution is -2.17. The summed E-state index contributed by atoms with van der Waals surface area (Å²) in [5.74, 6) is -0.0363. The van der Waals surface area contributed by atoms with Crippen LogP contribution >= 0.6 is 0 Å². The van der Waals surface area contributed by atoms with E-state index in [1.807, 2.05) is 0 Å². The summed E-state index contributed by atoms with van der Waals surface area (Å²) in [6, 6.07) is 0. The third-order valence-corrected chi connectivity index (χ3v) is 0.804. The van der Waals surface area contributed by atoms with E-state index >= 15 is 0 Å². The average Bonchev–Trinajstić information content (AvgIpc) is 1.67. The molecule has 1 unspecified atom stereocenters. The molecule has 0 saturated heterocycles. The summed E-state index contributed by atoms with van der Waals surface area (Å²) in [6.07, 6.45) is -0.958. The number of ether oxygens (including phenoxy) is 1. The van der Waals surface area contributed by atoms with Gasteiger partial charge in [-0.25, -0.2) is 4.39 Å². The molecule has 3 heteroatoms. The average molecular weight is 122 g/mol. The van der Waals surface area contributed by atoms with Crippen molar-refractivity contribution in [3.63, 3.8) is 0 Å². The van der Waals surface area contributed by atoms with E-state index in [0.717, 1.165) is 0 Å². The van der Waals surface area contributed by atoms with Crippen LogP contribution in [0.5, 0.6) is 0 Å². The first-order chi connectivity index (χ1) is 3.68. The van der Waals surface area contributed by atoms with Gasteiger partial charge in [0.25, 0.3) is 0 Å². The Kier molecular flexibility index (Phi) is 3.73. The van der Waals surface area contributed by atoms with E-state index in [4.69, 9.17) is 5.11 Å². The van der Waals surface area contributed by atoms with Crippen molar-refractivity contribution in [2.24, 2.45) is 5.92 Å². The van der Waals surface area contributed by atoms with Gasteiger partial charge >= 0.3 is 0 Å². The third kappa shape index (κ3) is 2.93. The van der Waals surface area contributed by atoms with Crippen molar-refractivity contribution in [1.82, 2.24) is 0 Å². The van der Waals surface area contributed by atoms with E-state index in [1.54, 1.807) is 13.8 Å². The van der Waals surface area contributed by atoms with Gasteiger partial charge in [0.2, 0.25) is 0 Å². The van der Waals surface area contributed by atoms with Crippen LogP contribution in [0.25, 0.3) is 0 Å². The molecule has 0 aliphatic rings. The minimum absolute atomic E-state index is 0.0363.